The summed E-state index contributed by atoms with van der Waals surface area (Å²) in [6.07, 6.45) is 1.82. The highest BCUT2D eigenvalue weighted by atomic mass is 16.4. The molecule has 4 nitrogen and oxygen atoms in total. The lowest BCUT2D eigenvalue weighted by atomic mass is 9.89. The highest BCUT2D eigenvalue weighted by molar-refractivity contribution is 5.69. The van der Waals surface area contributed by atoms with Crippen molar-refractivity contribution in [2.24, 2.45) is 0 Å². The molecule has 2 rings (SSSR count). The van der Waals surface area contributed by atoms with E-state index in [-0.39, 0.29) is 6.54 Å². The van der Waals surface area contributed by atoms with E-state index in [1.165, 1.54) is 0 Å². The van der Waals surface area contributed by atoms with Gasteiger partial charge in [-0.1, -0.05) is 18.2 Å². The molecule has 1 fully saturated rings. The van der Waals surface area contributed by atoms with E-state index in [1.54, 1.807) is 6.07 Å². The fraction of sp³-hybridized carbons (Fsp3) is 0.462. The molecule has 1 aromatic carbocycles. The molecular formula is C13H17NO3. The maximum absolute atomic E-state index is 10.6. The normalized spacial score (nSPS) is 18.1. The molecule has 0 amide bonds. The maximum Gasteiger partial charge on any atom is 0.317 e. The van der Waals surface area contributed by atoms with Gasteiger partial charge in [0.15, 0.2) is 0 Å². The minimum atomic E-state index is -0.772. The molecule has 0 aliphatic carbocycles. The molecular weight excluding hydrogens is 218 g/mol. The summed E-state index contributed by atoms with van der Waals surface area (Å²) in [5, 5.41) is 18.5. The zero-order chi connectivity index (χ0) is 12.3. The van der Waals surface area contributed by atoms with Crippen molar-refractivity contribution >= 4 is 5.97 Å². The van der Waals surface area contributed by atoms with Gasteiger partial charge in [0, 0.05) is 0 Å². The molecule has 0 atom stereocenters. The van der Waals surface area contributed by atoms with Gasteiger partial charge in [-0.25, -0.2) is 0 Å². The number of phenolic OH excluding ortho intramolecular Hbond substituents is 1. The van der Waals surface area contributed by atoms with Crippen molar-refractivity contribution in [1.29, 1.82) is 0 Å². The second-order valence-electron chi connectivity index (χ2n) is 4.50. The monoisotopic (exact) mass is 235 g/mol. The molecule has 0 radical (unpaired) electrons. The molecule has 0 bridgehead atoms. The van der Waals surface area contributed by atoms with Crippen LogP contribution in [0.3, 0.4) is 0 Å². The first-order valence-corrected chi connectivity index (χ1v) is 5.89. The van der Waals surface area contributed by atoms with Gasteiger partial charge >= 0.3 is 5.97 Å². The van der Waals surface area contributed by atoms with E-state index < -0.39 is 5.97 Å². The molecule has 17 heavy (non-hydrogen) atoms. The predicted molar refractivity (Wildman–Crippen MR) is 64.2 cm³/mol. The van der Waals surface area contributed by atoms with Crippen LogP contribution in [0.5, 0.6) is 5.75 Å². The Morgan fingerprint density at radius 3 is 2.53 bits per heavy atom. The van der Waals surface area contributed by atoms with E-state index in [0.717, 1.165) is 31.5 Å². The van der Waals surface area contributed by atoms with Gasteiger partial charge in [-0.2, -0.15) is 0 Å². The zero-order valence-electron chi connectivity index (χ0n) is 9.67. The largest absolute Gasteiger partial charge is 0.508 e. The molecule has 92 valence electrons. The standard InChI is InChI=1S/C13H17NO3/c15-12-4-2-1-3-11(12)10-5-7-14(8-6-10)9-13(16)17/h1-4,10,15H,5-9H2,(H,16,17). The summed E-state index contributed by atoms with van der Waals surface area (Å²) in [4.78, 5) is 12.5. The number of rotatable bonds is 3. The van der Waals surface area contributed by atoms with Crippen LogP contribution >= 0.6 is 0 Å². The Morgan fingerprint density at radius 2 is 1.94 bits per heavy atom. The van der Waals surface area contributed by atoms with Gasteiger partial charge in [0.05, 0.1) is 6.54 Å². The van der Waals surface area contributed by atoms with Gasteiger partial charge in [0.2, 0.25) is 0 Å². The predicted octanol–water partition coefficient (Wildman–Crippen LogP) is 1.66. The number of piperidine rings is 1. The number of carboxylic acid groups (broad SMARTS) is 1. The molecule has 0 aromatic heterocycles. The average Bonchev–Trinajstić information content (AvgIpc) is 2.30. The molecule has 1 aliphatic rings. The third kappa shape index (κ3) is 2.97. The molecule has 0 saturated carbocycles. The lowest BCUT2D eigenvalue weighted by Gasteiger charge is -2.31. The van der Waals surface area contributed by atoms with Crippen LogP contribution in [-0.4, -0.2) is 40.7 Å². The molecule has 1 aliphatic heterocycles. The second kappa shape index (κ2) is 5.19. The first-order valence-electron chi connectivity index (χ1n) is 5.89. The number of para-hydroxylation sites is 1. The Labute approximate surface area is 100 Å². The number of hydrogen-bond acceptors (Lipinski definition) is 3. The van der Waals surface area contributed by atoms with Gasteiger partial charge in [0.25, 0.3) is 0 Å². The Balaban J connectivity index is 1.95. The minimum absolute atomic E-state index is 0.119. The maximum atomic E-state index is 10.6. The van der Waals surface area contributed by atoms with Gasteiger partial charge in [0.1, 0.15) is 5.75 Å². The Kier molecular flexibility index (Phi) is 3.64. The van der Waals surface area contributed by atoms with E-state index in [4.69, 9.17) is 5.11 Å². The van der Waals surface area contributed by atoms with Crippen molar-refractivity contribution in [3.63, 3.8) is 0 Å². The average molecular weight is 235 g/mol. The number of likely N-dealkylation sites (tertiary alicyclic amines) is 1. The molecule has 1 heterocycles. The van der Waals surface area contributed by atoms with Gasteiger partial charge < -0.3 is 10.2 Å². The van der Waals surface area contributed by atoms with E-state index in [9.17, 15) is 9.90 Å². The van der Waals surface area contributed by atoms with E-state index in [1.807, 2.05) is 23.1 Å². The van der Waals surface area contributed by atoms with Crippen molar-refractivity contribution in [3.8, 4) is 5.75 Å². The molecule has 1 saturated heterocycles. The number of benzene rings is 1. The Bertz CT molecular complexity index is 397. The number of nitrogens with zero attached hydrogens (tertiary/aromatic N) is 1. The molecule has 2 N–H and O–H groups in total. The first-order chi connectivity index (χ1) is 8.16. The highest BCUT2D eigenvalue weighted by Gasteiger charge is 2.23. The summed E-state index contributed by atoms with van der Waals surface area (Å²) >= 11 is 0. The van der Waals surface area contributed by atoms with Crippen LogP contribution in [0.4, 0.5) is 0 Å². The van der Waals surface area contributed by atoms with E-state index in [2.05, 4.69) is 0 Å². The summed E-state index contributed by atoms with van der Waals surface area (Å²) in [6.45, 7) is 1.68. The topological polar surface area (TPSA) is 60.8 Å². The third-order valence-corrected chi connectivity index (χ3v) is 3.32. The lowest BCUT2D eigenvalue weighted by Crippen LogP contribution is -2.36. The number of carboxylic acids is 1. The van der Waals surface area contributed by atoms with Crippen molar-refractivity contribution in [2.75, 3.05) is 19.6 Å². The summed E-state index contributed by atoms with van der Waals surface area (Å²) in [6, 6.07) is 7.41. The first kappa shape index (κ1) is 11.9. The zero-order valence-corrected chi connectivity index (χ0v) is 9.67. The number of carbonyl (C=O) groups is 1. The quantitative estimate of drug-likeness (QED) is 0.836. The van der Waals surface area contributed by atoms with E-state index >= 15 is 0 Å². The SMILES string of the molecule is O=C(O)CN1CCC(c2ccccc2O)CC1. The van der Waals surface area contributed by atoms with Crippen LogP contribution in [0, 0.1) is 0 Å². The Hall–Kier alpha value is -1.55. The fourth-order valence-corrected chi connectivity index (χ4v) is 2.43. The number of hydrogen-bond donors (Lipinski definition) is 2. The second-order valence-corrected chi connectivity index (χ2v) is 4.50. The number of aliphatic carboxylic acids is 1. The fourth-order valence-electron chi connectivity index (χ4n) is 2.43. The van der Waals surface area contributed by atoms with Crippen LogP contribution in [0.15, 0.2) is 24.3 Å². The number of aromatic hydroxyl groups is 1. The van der Waals surface area contributed by atoms with Crippen LogP contribution in [-0.2, 0) is 4.79 Å². The highest BCUT2D eigenvalue weighted by Crippen LogP contribution is 2.33. The summed E-state index contributed by atoms with van der Waals surface area (Å²) in [5.74, 6) is -0.0727. The van der Waals surface area contributed by atoms with Crippen LogP contribution in [0.25, 0.3) is 0 Å². The smallest absolute Gasteiger partial charge is 0.317 e. The van der Waals surface area contributed by atoms with Gasteiger partial charge in [-0.15, -0.1) is 0 Å². The minimum Gasteiger partial charge on any atom is -0.508 e. The van der Waals surface area contributed by atoms with Crippen LogP contribution < -0.4 is 0 Å². The molecule has 1 aromatic rings. The van der Waals surface area contributed by atoms with Crippen molar-refractivity contribution in [1.82, 2.24) is 4.90 Å². The van der Waals surface area contributed by atoms with Crippen LogP contribution in [0.2, 0.25) is 0 Å². The Morgan fingerprint density at radius 1 is 1.29 bits per heavy atom. The summed E-state index contributed by atoms with van der Waals surface area (Å²) < 4.78 is 0. The lowest BCUT2D eigenvalue weighted by molar-refractivity contribution is -0.138. The third-order valence-electron chi connectivity index (χ3n) is 3.32. The molecule has 4 heteroatoms. The summed E-state index contributed by atoms with van der Waals surface area (Å²) in [5.41, 5.74) is 0.988. The van der Waals surface area contributed by atoms with Gasteiger partial charge in [-0.05, 0) is 43.5 Å². The van der Waals surface area contributed by atoms with Crippen molar-refractivity contribution in [3.05, 3.63) is 29.8 Å². The van der Waals surface area contributed by atoms with Gasteiger partial charge in [-0.3, -0.25) is 9.69 Å². The van der Waals surface area contributed by atoms with Crippen molar-refractivity contribution in [2.45, 2.75) is 18.8 Å². The van der Waals surface area contributed by atoms with Crippen LogP contribution in [0.1, 0.15) is 24.3 Å². The summed E-state index contributed by atoms with van der Waals surface area (Å²) in [7, 11) is 0. The molecule has 0 spiro atoms. The number of phenols is 1. The van der Waals surface area contributed by atoms with Crippen molar-refractivity contribution < 1.29 is 15.0 Å². The molecule has 0 unspecified atom stereocenters. The van der Waals surface area contributed by atoms with E-state index in [0.29, 0.717) is 11.7 Å².